The Morgan fingerprint density at radius 2 is 2.00 bits per heavy atom. The van der Waals surface area contributed by atoms with Crippen LogP contribution in [0.15, 0.2) is 29.2 Å². The lowest BCUT2D eigenvalue weighted by molar-refractivity contribution is 0.773. The molecule has 17 heavy (non-hydrogen) atoms. The van der Waals surface area contributed by atoms with Crippen molar-refractivity contribution in [3.05, 3.63) is 35.7 Å². The smallest absolute Gasteiger partial charge is 0.174 e. The van der Waals surface area contributed by atoms with Gasteiger partial charge in [-0.15, -0.1) is 22.0 Å². The lowest BCUT2D eigenvalue weighted by Crippen LogP contribution is -1.92. The SMILES string of the molecule is CCSc1ccc(CCCc2nn[nH]n2)cc1. The highest BCUT2D eigenvalue weighted by molar-refractivity contribution is 7.99. The first kappa shape index (κ1) is 12.1. The Hall–Kier alpha value is -1.36. The zero-order valence-electron chi connectivity index (χ0n) is 9.89. The van der Waals surface area contributed by atoms with Crippen molar-refractivity contribution in [2.75, 3.05) is 5.75 Å². The van der Waals surface area contributed by atoms with Gasteiger partial charge in [-0.05, 0) is 36.3 Å². The van der Waals surface area contributed by atoms with Crippen molar-refractivity contribution in [2.24, 2.45) is 0 Å². The highest BCUT2D eigenvalue weighted by atomic mass is 32.2. The van der Waals surface area contributed by atoms with E-state index in [1.54, 1.807) is 0 Å². The number of thioether (sulfide) groups is 1. The summed E-state index contributed by atoms with van der Waals surface area (Å²) < 4.78 is 0. The molecule has 0 saturated heterocycles. The first-order chi connectivity index (χ1) is 8.38. The molecule has 0 aliphatic heterocycles. The van der Waals surface area contributed by atoms with Crippen LogP contribution in [0, 0.1) is 0 Å². The first-order valence-electron chi connectivity index (χ1n) is 5.82. The molecule has 1 aromatic carbocycles. The van der Waals surface area contributed by atoms with Gasteiger partial charge in [0.2, 0.25) is 0 Å². The summed E-state index contributed by atoms with van der Waals surface area (Å²) in [6, 6.07) is 8.79. The van der Waals surface area contributed by atoms with Gasteiger partial charge in [-0.2, -0.15) is 5.21 Å². The second-order valence-corrected chi connectivity index (χ2v) is 5.10. The van der Waals surface area contributed by atoms with Crippen LogP contribution in [0.3, 0.4) is 0 Å². The van der Waals surface area contributed by atoms with Gasteiger partial charge in [-0.1, -0.05) is 24.3 Å². The Morgan fingerprint density at radius 3 is 2.65 bits per heavy atom. The minimum absolute atomic E-state index is 0.795. The molecule has 1 heterocycles. The summed E-state index contributed by atoms with van der Waals surface area (Å²) in [5, 5.41) is 13.9. The molecule has 0 aliphatic rings. The van der Waals surface area contributed by atoms with E-state index in [-0.39, 0.29) is 0 Å². The predicted molar refractivity (Wildman–Crippen MR) is 69.0 cm³/mol. The van der Waals surface area contributed by atoms with Gasteiger partial charge in [-0.25, -0.2) is 0 Å². The number of aromatic nitrogens is 4. The number of nitrogens with zero attached hydrogens (tertiary/aromatic N) is 3. The topological polar surface area (TPSA) is 54.5 Å². The maximum absolute atomic E-state index is 3.94. The van der Waals surface area contributed by atoms with Gasteiger partial charge in [0.1, 0.15) is 0 Å². The average Bonchev–Trinajstić information content (AvgIpc) is 2.85. The number of hydrogen-bond acceptors (Lipinski definition) is 4. The summed E-state index contributed by atoms with van der Waals surface area (Å²) in [5.74, 6) is 1.92. The fourth-order valence-corrected chi connectivity index (χ4v) is 2.32. The van der Waals surface area contributed by atoms with Crippen molar-refractivity contribution in [2.45, 2.75) is 31.1 Å². The Morgan fingerprint density at radius 1 is 1.18 bits per heavy atom. The van der Waals surface area contributed by atoms with Gasteiger partial charge in [0.05, 0.1) is 0 Å². The van der Waals surface area contributed by atoms with Crippen molar-refractivity contribution in [3.8, 4) is 0 Å². The largest absolute Gasteiger partial charge is 0.177 e. The van der Waals surface area contributed by atoms with Crippen molar-refractivity contribution in [3.63, 3.8) is 0 Å². The number of aromatic amines is 1. The summed E-state index contributed by atoms with van der Waals surface area (Å²) in [6.45, 7) is 2.17. The third-order valence-electron chi connectivity index (χ3n) is 2.49. The molecular formula is C12H16N4S. The van der Waals surface area contributed by atoms with Crippen LogP contribution >= 0.6 is 11.8 Å². The standard InChI is InChI=1S/C12H16N4S/c1-2-17-11-8-6-10(7-9-11)4-3-5-12-13-15-16-14-12/h6-9H,2-5H2,1H3,(H,13,14,15,16). The van der Waals surface area contributed by atoms with Gasteiger partial charge in [-0.3, -0.25) is 0 Å². The summed E-state index contributed by atoms with van der Waals surface area (Å²) in [4.78, 5) is 1.34. The summed E-state index contributed by atoms with van der Waals surface area (Å²) in [5.41, 5.74) is 1.37. The van der Waals surface area contributed by atoms with E-state index in [9.17, 15) is 0 Å². The number of hydrogen-bond donors (Lipinski definition) is 1. The second kappa shape index (κ2) is 6.39. The van der Waals surface area contributed by atoms with E-state index in [1.165, 1.54) is 10.5 Å². The molecule has 90 valence electrons. The van der Waals surface area contributed by atoms with Crippen molar-refractivity contribution < 1.29 is 0 Å². The molecule has 1 N–H and O–H groups in total. The van der Waals surface area contributed by atoms with Gasteiger partial charge in [0.25, 0.3) is 0 Å². The molecule has 0 saturated carbocycles. The van der Waals surface area contributed by atoms with Gasteiger partial charge < -0.3 is 0 Å². The molecule has 0 spiro atoms. The first-order valence-corrected chi connectivity index (χ1v) is 6.81. The van der Waals surface area contributed by atoms with Crippen LogP contribution in [0.25, 0.3) is 0 Å². The molecule has 0 atom stereocenters. The predicted octanol–water partition coefficient (Wildman–Crippen LogP) is 2.49. The number of nitrogens with one attached hydrogen (secondary N) is 1. The molecule has 0 radical (unpaired) electrons. The Kier molecular flexibility index (Phi) is 4.55. The van der Waals surface area contributed by atoms with E-state index in [2.05, 4.69) is 51.8 Å². The van der Waals surface area contributed by atoms with Crippen LogP contribution in [0.1, 0.15) is 24.7 Å². The van der Waals surface area contributed by atoms with Crippen molar-refractivity contribution in [1.82, 2.24) is 20.6 Å². The summed E-state index contributed by atoms with van der Waals surface area (Å²) in [6.07, 6.45) is 2.99. The molecule has 0 bridgehead atoms. The highest BCUT2D eigenvalue weighted by Crippen LogP contribution is 2.18. The van der Waals surface area contributed by atoms with Gasteiger partial charge >= 0.3 is 0 Å². The fourth-order valence-electron chi connectivity index (χ4n) is 1.66. The minimum atomic E-state index is 0.795. The molecule has 0 fully saturated rings. The molecule has 2 aromatic rings. The lowest BCUT2D eigenvalue weighted by Gasteiger charge is -2.02. The number of aryl methyl sites for hydroxylation is 2. The van der Waals surface area contributed by atoms with E-state index in [1.807, 2.05) is 11.8 Å². The Bertz CT molecular complexity index is 424. The van der Waals surface area contributed by atoms with Gasteiger partial charge in [0, 0.05) is 11.3 Å². The summed E-state index contributed by atoms with van der Waals surface area (Å²) in [7, 11) is 0. The van der Waals surface area contributed by atoms with E-state index >= 15 is 0 Å². The average molecular weight is 248 g/mol. The maximum atomic E-state index is 3.94. The number of H-pyrrole nitrogens is 1. The molecule has 4 nitrogen and oxygen atoms in total. The van der Waals surface area contributed by atoms with Crippen LogP contribution in [-0.2, 0) is 12.8 Å². The molecule has 0 amide bonds. The second-order valence-electron chi connectivity index (χ2n) is 3.76. The van der Waals surface area contributed by atoms with Crippen LogP contribution < -0.4 is 0 Å². The number of rotatable bonds is 6. The van der Waals surface area contributed by atoms with Crippen LogP contribution in [0.5, 0.6) is 0 Å². The van der Waals surface area contributed by atoms with Crippen molar-refractivity contribution >= 4 is 11.8 Å². The highest BCUT2D eigenvalue weighted by Gasteiger charge is 1.99. The van der Waals surface area contributed by atoms with Crippen LogP contribution in [0.2, 0.25) is 0 Å². The third kappa shape index (κ3) is 3.85. The summed E-state index contributed by atoms with van der Waals surface area (Å²) >= 11 is 1.87. The molecule has 0 unspecified atom stereocenters. The monoisotopic (exact) mass is 248 g/mol. The van der Waals surface area contributed by atoms with E-state index in [4.69, 9.17) is 0 Å². The minimum Gasteiger partial charge on any atom is -0.177 e. The quantitative estimate of drug-likeness (QED) is 0.798. The van der Waals surface area contributed by atoms with Gasteiger partial charge in [0.15, 0.2) is 5.82 Å². The molecule has 0 aliphatic carbocycles. The maximum Gasteiger partial charge on any atom is 0.174 e. The van der Waals surface area contributed by atoms with E-state index < -0.39 is 0 Å². The Labute approximate surface area is 105 Å². The molecular weight excluding hydrogens is 232 g/mol. The zero-order chi connectivity index (χ0) is 11.9. The zero-order valence-corrected chi connectivity index (χ0v) is 10.7. The van der Waals surface area contributed by atoms with E-state index in [0.717, 1.165) is 30.8 Å². The third-order valence-corrected chi connectivity index (χ3v) is 3.38. The van der Waals surface area contributed by atoms with Crippen molar-refractivity contribution in [1.29, 1.82) is 0 Å². The number of benzene rings is 1. The molecule has 5 heteroatoms. The lowest BCUT2D eigenvalue weighted by atomic mass is 10.1. The Balaban J connectivity index is 1.79. The molecule has 1 aromatic heterocycles. The van der Waals surface area contributed by atoms with Crippen LogP contribution in [-0.4, -0.2) is 26.4 Å². The number of tetrazole rings is 1. The van der Waals surface area contributed by atoms with Crippen LogP contribution in [0.4, 0.5) is 0 Å². The fraction of sp³-hybridized carbons (Fsp3) is 0.417. The molecule has 2 rings (SSSR count). The normalized spacial score (nSPS) is 10.6. The van der Waals surface area contributed by atoms with E-state index in [0.29, 0.717) is 0 Å².